The quantitative estimate of drug-likeness (QED) is 0.722. The van der Waals surface area contributed by atoms with Gasteiger partial charge < -0.3 is 4.57 Å². The lowest BCUT2D eigenvalue weighted by atomic mass is 10.2. The molecule has 0 amide bonds. The van der Waals surface area contributed by atoms with Gasteiger partial charge in [0.2, 0.25) is 0 Å². The summed E-state index contributed by atoms with van der Waals surface area (Å²) >= 11 is 3.35. The van der Waals surface area contributed by atoms with E-state index in [1.807, 2.05) is 4.57 Å². The molecule has 0 spiro atoms. The maximum atomic E-state index is 13.1. The molecule has 0 unspecified atom stereocenters. The summed E-state index contributed by atoms with van der Waals surface area (Å²) in [7, 11) is 1.79. The van der Waals surface area contributed by atoms with Gasteiger partial charge in [0.25, 0.3) is 0 Å². The Bertz CT molecular complexity index is 853. The Morgan fingerprint density at radius 1 is 1.35 bits per heavy atom. The lowest BCUT2D eigenvalue weighted by molar-refractivity contribution is 0.625. The van der Waals surface area contributed by atoms with Crippen LogP contribution in [0.15, 0.2) is 45.9 Å². The van der Waals surface area contributed by atoms with Crippen molar-refractivity contribution in [2.24, 2.45) is 7.05 Å². The summed E-state index contributed by atoms with van der Waals surface area (Å²) in [5, 5.41) is 4.70. The van der Waals surface area contributed by atoms with Crippen LogP contribution in [-0.4, -0.2) is 14.3 Å². The zero-order chi connectivity index (χ0) is 14.3. The van der Waals surface area contributed by atoms with Crippen LogP contribution in [0.5, 0.6) is 0 Å². The van der Waals surface area contributed by atoms with E-state index in [2.05, 4.69) is 21.0 Å². The fourth-order valence-corrected chi connectivity index (χ4v) is 2.70. The van der Waals surface area contributed by atoms with Crippen molar-refractivity contribution < 1.29 is 4.39 Å². The van der Waals surface area contributed by atoms with Crippen molar-refractivity contribution in [3.8, 4) is 0 Å². The van der Waals surface area contributed by atoms with Crippen LogP contribution in [0.25, 0.3) is 11.0 Å². The molecule has 0 aliphatic heterocycles. The van der Waals surface area contributed by atoms with E-state index in [4.69, 9.17) is 0 Å². The van der Waals surface area contributed by atoms with E-state index in [1.165, 1.54) is 18.2 Å². The molecule has 0 saturated carbocycles. The van der Waals surface area contributed by atoms with Crippen LogP contribution < -0.4 is 5.43 Å². The molecule has 3 aromatic rings. The highest BCUT2D eigenvalue weighted by Gasteiger charge is 2.09. The molecule has 1 aromatic carbocycles. The number of aromatic nitrogens is 3. The zero-order valence-corrected chi connectivity index (χ0v) is 12.3. The second-order valence-electron chi connectivity index (χ2n) is 4.55. The predicted octanol–water partition coefficient (Wildman–Crippen LogP) is 2.68. The summed E-state index contributed by atoms with van der Waals surface area (Å²) in [5.41, 5.74) is 1.62. The van der Waals surface area contributed by atoms with Crippen LogP contribution in [-0.2, 0) is 13.6 Å². The number of halogens is 2. The monoisotopic (exact) mass is 335 g/mol. The highest BCUT2D eigenvalue weighted by Crippen LogP contribution is 2.20. The highest BCUT2D eigenvalue weighted by atomic mass is 79.9. The molecule has 3 rings (SSSR count). The number of pyridine rings is 1. The average Bonchev–Trinajstić information content (AvgIpc) is 2.79. The maximum Gasteiger partial charge on any atom is 0.192 e. The first-order chi connectivity index (χ1) is 9.56. The Morgan fingerprint density at radius 2 is 2.15 bits per heavy atom. The van der Waals surface area contributed by atoms with E-state index in [0.717, 1.165) is 11.2 Å². The minimum Gasteiger partial charge on any atom is -0.328 e. The van der Waals surface area contributed by atoms with Crippen LogP contribution in [0.1, 0.15) is 5.56 Å². The van der Waals surface area contributed by atoms with Gasteiger partial charge in [-0.05, 0) is 17.7 Å². The Hall–Kier alpha value is -1.95. The van der Waals surface area contributed by atoms with Gasteiger partial charge in [0.15, 0.2) is 5.43 Å². The summed E-state index contributed by atoms with van der Waals surface area (Å²) in [6.07, 6.45) is 3.29. The number of benzene rings is 1. The molecule has 0 fully saturated rings. The lowest BCUT2D eigenvalue weighted by Crippen LogP contribution is -2.10. The van der Waals surface area contributed by atoms with Crippen molar-refractivity contribution in [3.63, 3.8) is 0 Å². The van der Waals surface area contributed by atoms with Gasteiger partial charge in [0, 0.05) is 23.8 Å². The summed E-state index contributed by atoms with van der Waals surface area (Å²) in [6, 6.07) is 6.09. The maximum absolute atomic E-state index is 13.1. The van der Waals surface area contributed by atoms with Gasteiger partial charge in [-0.15, -0.1) is 0 Å². The van der Waals surface area contributed by atoms with Crippen LogP contribution in [0, 0.1) is 5.82 Å². The van der Waals surface area contributed by atoms with Gasteiger partial charge in [-0.2, -0.15) is 5.10 Å². The number of rotatable bonds is 2. The van der Waals surface area contributed by atoms with Gasteiger partial charge >= 0.3 is 0 Å². The van der Waals surface area contributed by atoms with E-state index in [9.17, 15) is 9.18 Å². The van der Waals surface area contributed by atoms with Crippen molar-refractivity contribution >= 4 is 27.0 Å². The normalized spacial score (nSPS) is 11.2. The first-order valence-corrected chi connectivity index (χ1v) is 6.80. The Balaban J connectivity index is 2.13. The summed E-state index contributed by atoms with van der Waals surface area (Å²) in [6.45, 7) is 0.525. The Morgan fingerprint density at radius 3 is 2.90 bits per heavy atom. The van der Waals surface area contributed by atoms with Crippen LogP contribution in [0.3, 0.4) is 0 Å². The van der Waals surface area contributed by atoms with Gasteiger partial charge in [0.1, 0.15) is 11.5 Å². The second-order valence-corrected chi connectivity index (χ2v) is 5.40. The number of hydrogen-bond acceptors (Lipinski definition) is 2. The van der Waals surface area contributed by atoms with E-state index in [-0.39, 0.29) is 11.2 Å². The van der Waals surface area contributed by atoms with Crippen molar-refractivity contribution in [3.05, 3.63) is 62.7 Å². The second kappa shape index (κ2) is 4.86. The SMILES string of the molecule is Cn1ncc2c(=O)ccn(Cc3ccc(F)cc3Br)c21. The third-order valence-electron chi connectivity index (χ3n) is 3.21. The zero-order valence-electron chi connectivity index (χ0n) is 10.7. The minimum atomic E-state index is -0.286. The third kappa shape index (κ3) is 2.16. The molecule has 4 nitrogen and oxygen atoms in total. The number of aryl methyl sites for hydroxylation is 1. The fraction of sp³-hybridized carbons (Fsp3) is 0.143. The smallest absolute Gasteiger partial charge is 0.192 e. The summed E-state index contributed by atoms with van der Waals surface area (Å²) in [4.78, 5) is 11.8. The molecule has 0 bridgehead atoms. The van der Waals surface area contributed by atoms with Crippen molar-refractivity contribution in [1.82, 2.24) is 14.3 Å². The van der Waals surface area contributed by atoms with Crippen molar-refractivity contribution in [2.75, 3.05) is 0 Å². The minimum absolute atomic E-state index is 0.0532. The lowest BCUT2D eigenvalue weighted by Gasteiger charge is -2.11. The molecule has 0 aliphatic carbocycles. The number of hydrogen-bond donors (Lipinski definition) is 0. The number of nitrogens with zero attached hydrogens (tertiary/aromatic N) is 3. The van der Waals surface area contributed by atoms with Crippen LogP contribution in [0.4, 0.5) is 4.39 Å². The van der Waals surface area contributed by atoms with Gasteiger partial charge in [0.05, 0.1) is 18.1 Å². The van der Waals surface area contributed by atoms with E-state index >= 15 is 0 Å². The van der Waals surface area contributed by atoms with Crippen molar-refractivity contribution in [2.45, 2.75) is 6.54 Å². The molecule has 0 saturated heterocycles. The topological polar surface area (TPSA) is 39.8 Å². The first kappa shape index (κ1) is 13.1. The molecule has 0 atom stereocenters. The van der Waals surface area contributed by atoms with E-state index in [1.54, 1.807) is 30.2 Å². The Kier molecular flexibility index (Phi) is 3.17. The van der Waals surface area contributed by atoms with E-state index in [0.29, 0.717) is 16.4 Å². The molecule has 2 heterocycles. The summed E-state index contributed by atoms with van der Waals surface area (Å²) in [5.74, 6) is -0.286. The van der Waals surface area contributed by atoms with Crippen LogP contribution in [0.2, 0.25) is 0 Å². The molecule has 0 N–H and O–H groups in total. The largest absolute Gasteiger partial charge is 0.328 e. The fourth-order valence-electron chi connectivity index (χ4n) is 2.22. The van der Waals surface area contributed by atoms with Crippen molar-refractivity contribution in [1.29, 1.82) is 0 Å². The predicted molar refractivity (Wildman–Crippen MR) is 78.2 cm³/mol. The average molecular weight is 336 g/mol. The standard InChI is InChI=1S/C14H11BrFN3O/c1-18-14-11(7-17-18)13(20)4-5-19(14)8-9-2-3-10(16)6-12(9)15/h2-7H,8H2,1H3. The van der Waals surface area contributed by atoms with Gasteiger partial charge in [-0.25, -0.2) is 4.39 Å². The third-order valence-corrected chi connectivity index (χ3v) is 3.94. The molecule has 6 heteroatoms. The molecular weight excluding hydrogens is 325 g/mol. The Labute approximate surface area is 122 Å². The van der Waals surface area contributed by atoms with E-state index < -0.39 is 0 Å². The molecule has 0 radical (unpaired) electrons. The van der Waals surface area contributed by atoms with Gasteiger partial charge in [-0.1, -0.05) is 22.0 Å². The summed E-state index contributed by atoms with van der Waals surface area (Å²) < 4.78 is 17.4. The molecule has 2 aromatic heterocycles. The first-order valence-electron chi connectivity index (χ1n) is 6.01. The molecule has 20 heavy (non-hydrogen) atoms. The van der Waals surface area contributed by atoms with Gasteiger partial charge in [-0.3, -0.25) is 9.48 Å². The molecule has 0 aliphatic rings. The van der Waals surface area contributed by atoms with Crippen LogP contribution >= 0.6 is 15.9 Å². The number of fused-ring (bicyclic) bond motifs is 1. The molecule has 102 valence electrons. The molecular formula is C14H11BrFN3O. The highest BCUT2D eigenvalue weighted by molar-refractivity contribution is 9.10.